The highest BCUT2D eigenvalue weighted by Gasteiger charge is 2.31. The van der Waals surface area contributed by atoms with Crippen LogP contribution in [0.2, 0.25) is 0 Å². The van der Waals surface area contributed by atoms with Crippen molar-refractivity contribution in [3.05, 3.63) is 90.7 Å². The van der Waals surface area contributed by atoms with E-state index in [1.807, 2.05) is 24.3 Å². The van der Waals surface area contributed by atoms with Gasteiger partial charge in [-0.2, -0.15) is 4.99 Å². The van der Waals surface area contributed by atoms with E-state index in [0.29, 0.717) is 46.9 Å². The third-order valence-corrected chi connectivity index (χ3v) is 9.46. The highest BCUT2D eigenvalue weighted by molar-refractivity contribution is 7.90. The lowest BCUT2D eigenvalue weighted by Crippen LogP contribution is -2.26. The van der Waals surface area contributed by atoms with Crippen LogP contribution in [0, 0.1) is 23.7 Å². The molecule has 0 amide bonds. The lowest BCUT2D eigenvalue weighted by atomic mass is 9.70. The van der Waals surface area contributed by atoms with Gasteiger partial charge < -0.3 is 0 Å². The molecule has 194 valence electrons. The van der Waals surface area contributed by atoms with Gasteiger partial charge in [0.2, 0.25) is 6.08 Å². The summed E-state index contributed by atoms with van der Waals surface area (Å²) >= 11 is 0. The highest BCUT2D eigenvalue weighted by atomic mass is 32.2. The molecule has 1 aliphatic rings. The van der Waals surface area contributed by atoms with Crippen LogP contribution in [-0.2, 0) is 21.2 Å². The number of fused-ring (bicyclic) bond motifs is 1. The molecule has 4 rings (SSSR count). The van der Waals surface area contributed by atoms with Crippen molar-refractivity contribution >= 4 is 27.0 Å². The summed E-state index contributed by atoms with van der Waals surface area (Å²) in [5.74, 6) is 2.16. The largest absolute Gasteiger partial charge is 0.268 e. The second kappa shape index (κ2) is 11.5. The van der Waals surface area contributed by atoms with Crippen molar-refractivity contribution in [2.45, 2.75) is 57.4 Å². The average Bonchev–Trinajstić information content (AvgIpc) is 3.21. The molecule has 1 aromatic heterocycles. The first kappa shape index (κ1) is 26.8. The Hall–Kier alpha value is -3.21. The number of para-hydroxylation sites is 1. The molecule has 0 spiro atoms. The van der Waals surface area contributed by atoms with Crippen molar-refractivity contribution < 1.29 is 13.2 Å². The van der Waals surface area contributed by atoms with Crippen LogP contribution in [0.1, 0.15) is 57.3 Å². The number of benzene rings is 2. The van der Waals surface area contributed by atoms with Crippen molar-refractivity contribution in [2.75, 3.05) is 0 Å². The standard InChI is InChI=1S/C31H36N2O3S/c1-5-11-30-31(28(32-21-34)19-17-24-20-23(4)16-18-26(24)22(2)3)27-14-9-10-15-29(27)33(30)37(35,36)25-12-7-6-8-13-25/h5-10,12-15,17,19,22-24,26,28H,1,11,16,18,20H2,2-4H3/b19-17+/t23-,24-,26+,28+/m1/s1. The first-order valence-corrected chi connectivity index (χ1v) is 14.5. The summed E-state index contributed by atoms with van der Waals surface area (Å²) in [4.78, 5) is 16.0. The Morgan fingerprint density at radius 2 is 1.81 bits per heavy atom. The van der Waals surface area contributed by atoms with E-state index in [4.69, 9.17) is 0 Å². The summed E-state index contributed by atoms with van der Waals surface area (Å²) in [6.07, 6.45) is 11.5. The maximum Gasteiger partial charge on any atom is 0.268 e. The molecular formula is C31H36N2O3S. The Bertz CT molecular complexity index is 1430. The van der Waals surface area contributed by atoms with Crippen molar-refractivity contribution in [3.8, 4) is 0 Å². The molecule has 6 heteroatoms. The summed E-state index contributed by atoms with van der Waals surface area (Å²) < 4.78 is 29.2. The molecule has 1 saturated carbocycles. The van der Waals surface area contributed by atoms with Crippen molar-refractivity contribution in [1.29, 1.82) is 0 Å². The van der Waals surface area contributed by atoms with Gasteiger partial charge in [-0.3, -0.25) is 0 Å². The molecule has 0 radical (unpaired) electrons. The van der Waals surface area contributed by atoms with E-state index in [-0.39, 0.29) is 4.90 Å². The predicted molar refractivity (Wildman–Crippen MR) is 150 cm³/mol. The third-order valence-electron chi connectivity index (χ3n) is 7.69. The maximum atomic E-state index is 13.9. The fourth-order valence-electron chi connectivity index (χ4n) is 5.93. The van der Waals surface area contributed by atoms with Crippen molar-refractivity contribution in [2.24, 2.45) is 28.7 Å². The monoisotopic (exact) mass is 516 g/mol. The van der Waals surface area contributed by atoms with Gasteiger partial charge in [-0.25, -0.2) is 17.2 Å². The Labute approximate surface area is 220 Å². The minimum Gasteiger partial charge on any atom is -0.237 e. The molecule has 0 bridgehead atoms. The van der Waals surface area contributed by atoms with E-state index in [2.05, 4.69) is 38.4 Å². The number of hydrogen-bond donors (Lipinski definition) is 0. The zero-order valence-corrected chi connectivity index (χ0v) is 22.7. The quantitative estimate of drug-likeness (QED) is 0.171. The van der Waals surface area contributed by atoms with E-state index in [1.165, 1.54) is 16.8 Å². The maximum absolute atomic E-state index is 13.9. The summed E-state index contributed by atoms with van der Waals surface area (Å²) in [5, 5.41) is 0.755. The molecule has 0 aliphatic heterocycles. The van der Waals surface area contributed by atoms with Crippen LogP contribution >= 0.6 is 0 Å². The average molecular weight is 517 g/mol. The van der Waals surface area contributed by atoms with Gasteiger partial charge in [0, 0.05) is 23.1 Å². The van der Waals surface area contributed by atoms with Gasteiger partial charge >= 0.3 is 0 Å². The second-order valence-electron chi connectivity index (χ2n) is 10.5. The van der Waals surface area contributed by atoms with Gasteiger partial charge in [0.25, 0.3) is 10.0 Å². The number of isocyanates is 1. The summed E-state index contributed by atoms with van der Waals surface area (Å²) in [6, 6.07) is 15.2. The second-order valence-corrected chi connectivity index (χ2v) is 12.3. The molecule has 4 atom stereocenters. The van der Waals surface area contributed by atoms with Crippen LogP contribution in [0.25, 0.3) is 10.9 Å². The van der Waals surface area contributed by atoms with Crippen LogP contribution < -0.4 is 0 Å². The van der Waals surface area contributed by atoms with E-state index < -0.39 is 16.1 Å². The van der Waals surface area contributed by atoms with Gasteiger partial charge in [0.1, 0.15) is 6.04 Å². The molecule has 5 nitrogen and oxygen atoms in total. The molecule has 1 fully saturated rings. The van der Waals surface area contributed by atoms with Crippen LogP contribution in [0.5, 0.6) is 0 Å². The molecule has 37 heavy (non-hydrogen) atoms. The van der Waals surface area contributed by atoms with Gasteiger partial charge in [-0.15, -0.1) is 6.58 Å². The zero-order chi connectivity index (χ0) is 26.6. The van der Waals surface area contributed by atoms with Gasteiger partial charge in [0.05, 0.1) is 10.4 Å². The van der Waals surface area contributed by atoms with E-state index in [9.17, 15) is 13.2 Å². The highest BCUT2D eigenvalue weighted by Crippen LogP contribution is 2.41. The zero-order valence-electron chi connectivity index (χ0n) is 21.9. The fourth-order valence-corrected chi connectivity index (χ4v) is 7.52. The summed E-state index contributed by atoms with van der Waals surface area (Å²) in [7, 11) is -3.90. The topological polar surface area (TPSA) is 68.5 Å². The lowest BCUT2D eigenvalue weighted by Gasteiger charge is -2.36. The van der Waals surface area contributed by atoms with Crippen LogP contribution in [0.4, 0.5) is 0 Å². The summed E-state index contributed by atoms with van der Waals surface area (Å²) in [5.41, 5.74) is 1.83. The predicted octanol–water partition coefficient (Wildman–Crippen LogP) is 7.25. The Morgan fingerprint density at radius 1 is 1.11 bits per heavy atom. The van der Waals surface area contributed by atoms with Gasteiger partial charge in [-0.05, 0) is 54.7 Å². The normalized spacial score (nSPS) is 21.2. The first-order valence-electron chi connectivity index (χ1n) is 13.1. The number of rotatable bonds is 9. The Kier molecular flexibility index (Phi) is 8.31. The summed E-state index contributed by atoms with van der Waals surface area (Å²) in [6.45, 7) is 10.7. The van der Waals surface area contributed by atoms with E-state index in [0.717, 1.165) is 11.8 Å². The molecular weight excluding hydrogens is 480 g/mol. The van der Waals surface area contributed by atoms with Gasteiger partial charge in [-0.1, -0.05) is 81.8 Å². The number of aromatic nitrogens is 1. The SMILES string of the molecule is C=CCc1c([C@H](/C=C/[C@@H]2C[C@H](C)CC[C@H]2C(C)C)N=C=O)c2ccccc2n1S(=O)(=O)c1ccccc1. The molecule has 0 saturated heterocycles. The van der Waals surface area contributed by atoms with E-state index in [1.54, 1.807) is 48.6 Å². The van der Waals surface area contributed by atoms with Crippen molar-refractivity contribution in [3.63, 3.8) is 0 Å². The number of hydrogen-bond acceptors (Lipinski definition) is 4. The molecule has 0 N–H and O–H groups in total. The molecule has 2 aromatic carbocycles. The van der Waals surface area contributed by atoms with Crippen LogP contribution in [-0.4, -0.2) is 18.5 Å². The smallest absolute Gasteiger partial charge is 0.237 e. The Morgan fingerprint density at radius 3 is 2.49 bits per heavy atom. The lowest BCUT2D eigenvalue weighted by molar-refractivity contribution is 0.178. The number of carbonyl (C=O) groups excluding carboxylic acids is 1. The molecule has 3 aromatic rings. The van der Waals surface area contributed by atoms with Crippen LogP contribution in [0.3, 0.4) is 0 Å². The van der Waals surface area contributed by atoms with Gasteiger partial charge in [0.15, 0.2) is 0 Å². The molecule has 1 aliphatic carbocycles. The van der Waals surface area contributed by atoms with E-state index >= 15 is 0 Å². The minimum atomic E-state index is -3.90. The minimum absolute atomic E-state index is 0.203. The Balaban J connectivity index is 1.91. The fraction of sp³-hybridized carbons (Fsp3) is 0.387. The molecule has 1 heterocycles. The first-order chi connectivity index (χ1) is 17.8. The van der Waals surface area contributed by atoms with Crippen LogP contribution in [0.15, 0.2) is 89.3 Å². The van der Waals surface area contributed by atoms with Crippen molar-refractivity contribution in [1.82, 2.24) is 3.97 Å². The number of aliphatic imine (C=N–C) groups is 1. The third kappa shape index (κ3) is 5.41. The molecule has 0 unspecified atom stereocenters. The number of allylic oxidation sites excluding steroid dienone is 2. The number of nitrogens with zero attached hydrogens (tertiary/aromatic N) is 2.